The van der Waals surface area contributed by atoms with Gasteiger partial charge in [0, 0.05) is 48.3 Å². The third kappa shape index (κ3) is 7.38. The number of rotatable bonds is 10. The third-order valence-electron chi connectivity index (χ3n) is 5.27. The van der Waals surface area contributed by atoms with Gasteiger partial charge in [0.05, 0.1) is 13.2 Å². The summed E-state index contributed by atoms with van der Waals surface area (Å²) >= 11 is 0. The van der Waals surface area contributed by atoms with E-state index in [9.17, 15) is 4.39 Å². The van der Waals surface area contributed by atoms with Crippen LogP contribution >= 0.6 is 0 Å². The number of benzene rings is 1. The van der Waals surface area contributed by atoms with Crippen molar-refractivity contribution in [3.05, 3.63) is 59.1 Å². The van der Waals surface area contributed by atoms with Gasteiger partial charge in [-0.3, -0.25) is 20.4 Å². The van der Waals surface area contributed by atoms with Crippen LogP contribution in [0.2, 0.25) is 0 Å². The van der Waals surface area contributed by atoms with E-state index in [0.29, 0.717) is 42.5 Å². The molecule has 8 heteroatoms. The Balaban J connectivity index is 2.32. The topological polar surface area (TPSA) is 103 Å². The molecule has 1 heterocycles. The van der Waals surface area contributed by atoms with Gasteiger partial charge in [-0.25, -0.2) is 4.39 Å². The summed E-state index contributed by atoms with van der Waals surface area (Å²) in [4.78, 5) is 6.30. The van der Waals surface area contributed by atoms with E-state index in [2.05, 4.69) is 18.8 Å². The zero-order valence-electron chi connectivity index (χ0n) is 21.1. The molecule has 0 saturated carbocycles. The molecule has 0 aliphatic carbocycles. The van der Waals surface area contributed by atoms with Gasteiger partial charge < -0.3 is 15.4 Å². The minimum absolute atomic E-state index is 0.199. The first-order chi connectivity index (χ1) is 16.0. The fourth-order valence-electron chi connectivity index (χ4n) is 3.68. The summed E-state index contributed by atoms with van der Waals surface area (Å²) in [5.41, 5.74) is 10.4. The van der Waals surface area contributed by atoms with Crippen LogP contribution in [0.1, 0.15) is 33.6 Å². The quantitative estimate of drug-likeness (QED) is 0.358. The van der Waals surface area contributed by atoms with Crippen molar-refractivity contribution in [2.24, 2.45) is 16.6 Å². The number of nitrogens with zero attached hydrogens (tertiary/aromatic N) is 3. The highest BCUT2D eigenvalue weighted by Gasteiger charge is 2.14. The van der Waals surface area contributed by atoms with Gasteiger partial charge in [0.1, 0.15) is 22.9 Å². The Hall–Kier alpha value is -3.26. The molecule has 1 aromatic heterocycles. The summed E-state index contributed by atoms with van der Waals surface area (Å²) in [5.74, 6) is 0.717. The Morgan fingerprint density at radius 3 is 2.53 bits per heavy atom. The molecule has 0 aliphatic rings. The predicted molar refractivity (Wildman–Crippen MR) is 137 cm³/mol. The lowest BCUT2D eigenvalue weighted by Crippen LogP contribution is -2.33. The number of halogens is 1. The minimum Gasteiger partial charge on any atom is -0.492 e. The van der Waals surface area contributed by atoms with E-state index < -0.39 is 5.82 Å². The number of pyridine rings is 1. The lowest BCUT2D eigenvalue weighted by molar-refractivity contribution is 0.322. The van der Waals surface area contributed by atoms with Crippen molar-refractivity contribution in [2.75, 3.05) is 34.3 Å². The maximum absolute atomic E-state index is 14.1. The van der Waals surface area contributed by atoms with Gasteiger partial charge in [0.15, 0.2) is 0 Å². The molecule has 1 aromatic carbocycles. The highest BCUT2D eigenvalue weighted by Crippen LogP contribution is 2.31. The molecule has 0 saturated heterocycles. The second-order valence-electron chi connectivity index (χ2n) is 9.03. The van der Waals surface area contributed by atoms with Gasteiger partial charge in [0.25, 0.3) is 0 Å². The van der Waals surface area contributed by atoms with Gasteiger partial charge in [-0.2, -0.15) is 0 Å². The maximum Gasteiger partial charge on any atom is 0.130 e. The van der Waals surface area contributed by atoms with Crippen LogP contribution in [0.5, 0.6) is 5.75 Å². The summed E-state index contributed by atoms with van der Waals surface area (Å²) in [6, 6.07) is 7.81. The van der Waals surface area contributed by atoms with E-state index in [4.69, 9.17) is 21.3 Å². The summed E-state index contributed by atoms with van der Waals surface area (Å²) in [6.07, 6.45) is 3.09. The van der Waals surface area contributed by atoms with Gasteiger partial charge >= 0.3 is 0 Å². The van der Waals surface area contributed by atoms with Gasteiger partial charge in [-0.15, -0.1) is 0 Å². The van der Waals surface area contributed by atoms with Crippen LogP contribution in [0, 0.1) is 22.6 Å². The minimum atomic E-state index is -0.398. The first kappa shape index (κ1) is 27.0. The molecule has 0 amide bonds. The molecule has 0 unspecified atom stereocenters. The number of nitrogens with one attached hydrogen (secondary N) is 2. The van der Waals surface area contributed by atoms with Crippen LogP contribution in [0.25, 0.3) is 11.1 Å². The fraction of sp³-hybridized carbons (Fsp3) is 0.423. The lowest BCUT2D eigenvalue weighted by Gasteiger charge is -2.18. The highest BCUT2D eigenvalue weighted by molar-refractivity contribution is 6.00. The van der Waals surface area contributed by atoms with Crippen molar-refractivity contribution < 1.29 is 9.13 Å². The number of likely N-dealkylation sites (N-methyl/N-ethyl adjacent to an activating group) is 1. The molecule has 0 aliphatic heterocycles. The number of hydrogen-bond donors (Lipinski definition) is 3. The number of aromatic nitrogens is 1. The van der Waals surface area contributed by atoms with Crippen molar-refractivity contribution in [2.45, 2.75) is 33.6 Å². The van der Waals surface area contributed by atoms with Crippen LogP contribution in [0.4, 0.5) is 4.39 Å². The molecule has 34 heavy (non-hydrogen) atoms. The summed E-state index contributed by atoms with van der Waals surface area (Å²) in [6.45, 7) is 6.83. The van der Waals surface area contributed by atoms with Crippen molar-refractivity contribution in [3.8, 4) is 16.9 Å². The second-order valence-corrected chi connectivity index (χ2v) is 9.03. The first-order valence-corrected chi connectivity index (χ1v) is 11.4. The largest absolute Gasteiger partial charge is 0.492 e. The van der Waals surface area contributed by atoms with E-state index in [1.54, 1.807) is 31.4 Å². The average molecular weight is 469 g/mol. The van der Waals surface area contributed by atoms with Crippen LogP contribution in [0.15, 0.2) is 52.8 Å². The first-order valence-electron chi connectivity index (χ1n) is 11.4. The molecule has 2 rings (SSSR count). The highest BCUT2D eigenvalue weighted by atomic mass is 19.1. The molecule has 0 radical (unpaired) electrons. The molecule has 4 N–H and O–H groups in total. The molecule has 0 atom stereocenters. The molecule has 184 valence electrons. The molecule has 0 bridgehead atoms. The number of ether oxygens (including phenoxy) is 1. The van der Waals surface area contributed by atoms with E-state index in [1.807, 2.05) is 25.9 Å². The van der Waals surface area contributed by atoms with Crippen LogP contribution < -0.4 is 16.0 Å². The van der Waals surface area contributed by atoms with E-state index >= 15 is 0 Å². The van der Waals surface area contributed by atoms with Crippen molar-refractivity contribution in [3.63, 3.8) is 0 Å². The number of aliphatic imine (C=N–C) groups is 1. The molecular weight excluding hydrogens is 431 g/mol. The standard InChI is InChI=1S/C26H37FN6O/c1-17(2)13-23(31-4)21(18(3)28)11-12-34-24-14-20(27)8-9-22(24)19-7-10-25(29)33(15-19)26(30)16-32(5)6/h7-10,14-15,17,29-30H,11-13,16,28H2,1-6H3. The number of allylic oxidation sites excluding steroid dienone is 1. The van der Waals surface area contributed by atoms with Gasteiger partial charge in [-0.05, 0) is 63.2 Å². The van der Waals surface area contributed by atoms with Gasteiger partial charge in [0.2, 0.25) is 0 Å². The monoisotopic (exact) mass is 468 g/mol. The Morgan fingerprint density at radius 2 is 1.94 bits per heavy atom. The van der Waals surface area contributed by atoms with E-state index in [-0.39, 0.29) is 11.3 Å². The predicted octanol–water partition coefficient (Wildman–Crippen LogP) is 4.28. The Kier molecular flexibility index (Phi) is 9.74. The zero-order chi connectivity index (χ0) is 25.4. The van der Waals surface area contributed by atoms with Crippen molar-refractivity contribution in [1.29, 1.82) is 10.8 Å². The normalized spacial score (nSPS) is 12.8. The second kappa shape index (κ2) is 12.3. The van der Waals surface area contributed by atoms with Crippen LogP contribution in [-0.4, -0.2) is 55.3 Å². The van der Waals surface area contributed by atoms with Crippen molar-refractivity contribution >= 4 is 11.5 Å². The Morgan fingerprint density at radius 1 is 1.24 bits per heavy atom. The fourth-order valence-corrected chi connectivity index (χ4v) is 3.68. The van der Waals surface area contributed by atoms with Gasteiger partial charge in [-0.1, -0.05) is 13.8 Å². The average Bonchev–Trinajstić information content (AvgIpc) is 2.75. The molecular formula is C26H37FN6O. The lowest BCUT2D eigenvalue weighted by atomic mass is 9.97. The zero-order valence-corrected chi connectivity index (χ0v) is 21.1. The number of hydrogen-bond acceptors (Lipinski definition) is 6. The third-order valence-corrected chi connectivity index (χ3v) is 5.27. The van der Waals surface area contributed by atoms with E-state index in [1.165, 1.54) is 16.7 Å². The SMILES string of the molecule is CN=C(CC(C)C)C(CCOc1cc(F)ccc1-c1ccc(=N)n(C(=N)CN(C)C)c1)=C(C)N. The van der Waals surface area contributed by atoms with Crippen LogP contribution in [0.3, 0.4) is 0 Å². The number of nitrogens with two attached hydrogens (primary N) is 1. The summed E-state index contributed by atoms with van der Waals surface area (Å²) < 4.78 is 21.7. The maximum atomic E-state index is 14.1. The van der Waals surface area contributed by atoms with E-state index in [0.717, 1.165) is 23.3 Å². The Bertz CT molecular complexity index is 1130. The Labute approximate surface area is 201 Å². The van der Waals surface area contributed by atoms with Crippen molar-refractivity contribution in [1.82, 2.24) is 9.47 Å². The van der Waals surface area contributed by atoms with Crippen LogP contribution in [-0.2, 0) is 0 Å². The summed E-state index contributed by atoms with van der Waals surface area (Å²) in [7, 11) is 5.51. The molecule has 7 nitrogen and oxygen atoms in total. The molecule has 2 aromatic rings. The molecule has 0 fully saturated rings. The molecule has 0 spiro atoms. The summed E-state index contributed by atoms with van der Waals surface area (Å²) in [5, 5.41) is 16.5. The smallest absolute Gasteiger partial charge is 0.130 e.